The van der Waals surface area contributed by atoms with E-state index in [0.717, 1.165) is 0 Å². The molecule has 60 valence electrons. The second kappa shape index (κ2) is 5.07. The Hall–Kier alpha value is 0.360. The number of ketones is 1. The molecule has 0 aliphatic heterocycles. The Kier molecular flexibility index (Phi) is 5.25. The largest absolute Gasteiger partial charge is 0.380 e. The molecule has 0 fully saturated rings. The molecule has 0 radical (unpaired) electrons. The van der Waals surface area contributed by atoms with Crippen molar-refractivity contribution in [3.63, 3.8) is 0 Å². The summed E-state index contributed by atoms with van der Waals surface area (Å²) in [6, 6.07) is 0. The van der Waals surface area contributed by atoms with Gasteiger partial charge in [0.1, 0.15) is 5.78 Å². The van der Waals surface area contributed by atoms with Crippen LogP contribution in [0.25, 0.3) is 0 Å². The van der Waals surface area contributed by atoms with E-state index in [4.69, 9.17) is 4.74 Å². The molecule has 0 aromatic carbocycles. The van der Waals surface area contributed by atoms with Crippen molar-refractivity contribution in [2.24, 2.45) is 0 Å². The first-order chi connectivity index (χ1) is 4.63. The minimum absolute atomic E-state index is 0.00704. The smallest absolute Gasteiger partial charge is 0.148 e. The van der Waals surface area contributed by atoms with Crippen LogP contribution in [0.3, 0.4) is 0 Å². The maximum Gasteiger partial charge on any atom is 0.148 e. The summed E-state index contributed by atoms with van der Waals surface area (Å²) in [4.78, 5) is 11.0. The molecule has 0 heterocycles. The molecule has 0 rings (SSSR count). The normalized spacial score (nSPS) is 16.4. The van der Waals surface area contributed by atoms with E-state index < -0.39 is 0 Å². The van der Waals surface area contributed by atoms with Crippen molar-refractivity contribution >= 4 is 28.4 Å². The molecular formula is C7H13IO2. The van der Waals surface area contributed by atoms with E-state index in [0.29, 0.717) is 6.42 Å². The minimum Gasteiger partial charge on any atom is -0.380 e. The average molecular weight is 256 g/mol. The molecule has 0 aliphatic carbocycles. The number of carbonyl (C=O) groups excluding carboxylic acids is 1. The van der Waals surface area contributed by atoms with Crippen LogP contribution in [0.15, 0.2) is 0 Å². The first kappa shape index (κ1) is 10.4. The van der Waals surface area contributed by atoms with Gasteiger partial charge in [-0.25, -0.2) is 0 Å². The molecule has 0 bridgehead atoms. The summed E-state index contributed by atoms with van der Waals surface area (Å²) < 4.78 is 5.01. The third-order valence-electron chi connectivity index (χ3n) is 1.44. The zero-order valence-electron chi connectivity index (χ0n) is 6.56. The fourth-order valence-corrected chi connectivity index (χ4v) is 1.31. The number of hydrogen-bond donors (Lipinski definition) is 0. The first-order valence-corrected chi connectivity index (χ1v) is 4.57. The second-order valence-electron chi connectivity index (χ2n) is 2.16. The van der Waals surface area contributed by atoms with Gasteiger partial charge in [-0.15, -0.1) is 0 Å². The zero-order valence-corrected chi connectivity index (χ0v) is 8.71. The van der Waals surface area contributed by atoms with Gasteiger partial charge in [0.2, 0.25) is 0 Å². The number of halogens is 1. The van der Waals surface area contributed by atoms with Gasteiger partial charge < -0.3 is 4.74 Å². The van der Waals surface area contributed by atoms with Crippen molar-refractivity contribution in [2.75, 3.05) is 7.11 Å². The highest BCUT2D eigenvalue weighted by Gasteiger charge is 2.19. The summed E-state index contributed by atoms with van der Waals surface area (Å²) in [5.41, 5.74) is 0. The monoisotopic (exact) mass is 256 g/mol. The Labute approximate surface area is 75.5 Å². The summed E-state index contributed by atoms with van der Waals surface area (Å²) in [7, 11) is 1.62. The molecule has 0 aromatic rings. The van der Waals surface area contributed by atoms with Gasteiger partial charge in [0.05, 0.1) is 10.0 Å². The van der Waals surface area contributed by atoms with Crippen molar-refractivity contribution in [2.45, 2.75) is 30.3 Å². The fraction of sp³-hybridized carbons (Fsp3) is 0.857. The highest BCUT2D eigenvalue weighted by atomic mass is 127. The van der Waals surface area contributed by atoms with Crippen molar-refractivity contribution in [1.29, 1.82) is 0 Å². The average Bonchev–Trinajstić information content (AvgIpc) is 2.00. The highest BCUT2D eigenvalue weighted by Crippen LogP contribution is 2.11. The lowest BCUT2D eigenvalue weighted by Crippen LogP contribution is -2.26. The van der Waals surface area contributed by atoms with Crippen LogP contribution in [-0.4, -0.2) is 22.9 Å². The summed E-state index contributed by atoms with van der Waals surface area (Å²) in [6.07, 6.45) is 0.634. The van der Waals surface area contributed by atoms with Crippen LogP contribution < -0.4 is 0 Å². The number of Topliss-reactive ketones (excluding diaryl/α,β-unsaturated/α-hetero) is 1. The van der Waals surface area contributed by atoms with Gasteiger partial charge in [-0.2, -0.15) is 0 Å². The van der Waals surface area contributed by atoms with Gasteiger partial charge in [0.25, 0.3) is 0 Å². The SMILES string of the molecule is CCC(=O)C(I)C(C)OC. The summed E-state index contributed by atoms with van der Waals surface area (Å²) in [6.45, 7) is 3.78. The van der Waals surface area contributed by atoms with E-state index in [-0.39, 0.29) is 15.8 Å². The Morgan fingerprint density at radius 1 is 1.70 bits per heavy atom. The van der Waals surface area contributed by atoms with E-state index >= 15 is 0 Å². The molecule has 0 aliphatic rings. The van der Waals surface area contributed by atoms with E-state index in [2.05, 4.69) is 22.6 Å². The van der Waals surface area contributed by atoms with Gasteiger partial charge in [0.15, 0.2) is 0 Å². The Balaban J connectivity index is 3.81. The van der Waals surface area contributed by atoms with Crippen molar-refractivity contribution in [3.05, 3.63) is 0 Å². The third kappa shape index (κ3) is 2.96. The lowest BCUT2D eigenvalue weighted by atomic mass is 10.1. The molecule has 0 amide bonds. The molecule has 0 saturated carbocycles. The van der Waals surface area contributed by atoms with Gasteiger partial charge in [-0.3, -0.25) is 4.79 Å². The molecule has 10 heavy (non-hydrogen) atoms. The standard InChI is InChI=1S/C7H13IO2/c1-4-6(9)7(8)5(2)10-3/h5,7H,4H2,1-3H3. The molecular weight excluding hydrogens is 243 g/mol. The van der Waals surface area contributed by atoms with E-state index in [1.165, 1.54) is 0 Å². The maximum atomic E-state index is 11.0. The number of carbonyl (C=O) groups is 1. The zero-order chi connectivity index (χ0) is 8.15. The van der Waals surface area contributed by atoms with Crippen LogP contribution in [0.4, 0.5) is 0 Å². The van der Waals surface area contributed by atoms with Crippen LogP contribution in [0.1, 0.15) is 20.3 Å². The predicted molar refractivity (Wildman–Crippen MR) is 49.6 cm³/mol. The van der Waals surface area contributed by atoms with Crippen molar-refractivity contribution < 1.29 is 9.53 Å². The van der Waals surface area contributed by atoms with Crippen molar-refractivity contribution in [1.82, 2.24) is 0 Å². The van der Waals surface area contributed by atoms with Crippen LogP contribution >= 0.6 is 22.6 Å². The van der Waals surface area contributed by atoms with Gasteiger partial charge in [0, 0.05) is 13.5 Å². The number of rotatable bonds is 4. The van der Waals surface area contributed by atoms with Crippen LogP contribution in [-0.2, 0) is 9.53 Å². The molecule has 3 heteroatoms. The quantitative estimate of drug-likeness (QED) is 0.566. The molecule has 0 aromatic heterocycles. The molecule has 0 spiro atoms. The van der Waals surface area contributed by atoms with E-state index in [1.807, 2.05) is 13.8 Å². The third-order valence-corrected chi connectivity index (χ3v) is 3.15. The van der Waals surface area contributed by atoms with Gasteiger partial charge in [-0.05, 0) is 6.92 Å². The highest BCUT2D eigenvalue weighted by molar-refractivity contribution is 14.1. The minimum atomic E-state index is 0.00704. The first-order valence-electron chi connectivity index (χ1n) is 3.33. The number of methoxy groups -OCH3 is 1. The number of hydrogen-bond acceptors (Lipinski definition) is 2. The van der Waals surface area contributed by atoms with Gasteiger partial charge >= 0.3 is 0 Å². The summed E-state index contributed by atoms with van der Waals surface area (Å²) >= 11 is 2.12. The Morgan fingerprint density at radius 3 is 2.50 bits per heavy atom. The Bertz CT molecular complexity index is 114. The molecule has 0 N–H and O–H groups in total. The number of ether oxygens (including phenoxy) is 1. The second-order valence-corrected chi connectivity index (χ2v) is 3.50. The van der Waals surface area contributed by atoms with Crippen LogP contribution in [0.5, 0.6) is 0 Å². The lowest BCUT2D eigenvalue weighted by Gasteiger charge is -2.14. The molecule has 2 unspecified atom stereocenters. The Morgan fingerprint density at radius 2 is 2.20 bits per heavy atom. The topological polar surface area (TPSA) is 26.3 Å². The summed E-state index contributed by atoms with van der Waals surface area (Å²) in [5, 5.41) is 0. The fourth-order valence-electron chi connectivity index (χ4n) is 0.576. The summed E-state index contributed by atoms with van der Waals surface area (Å²) in [5.74, 6) is 0.259. The van der Waals surface area contributed by atoms with Crippen LogP contribution in [0, 0.1) is 0 Å². The molecule has 2 nitrogen and oxygen atoms in total. The molecule has 2 atom stereocenters. The van der Waals surface area contributed by atoms with E-state index in [9.17, 15) is 4.79 Å². The maximum absolute atomic E-state index is 11.0. The van der Waals surface area contributed by atoms with Gasteiger partial charge in [-0.1, -0.05) is 29.5 Å². The number of alkyl halides is 1. The predicted octanol–water partition coefficient (Wildman–Crippen LogP) is 1.80. The van der Waals surface area contributed by atoms with E-state index in [1.54, 1.807) is 7.11 Å². The van der Waals surface area contributed by atoms with Crippen LogP contribution in [0.2, 0.25) is 0 Å². The molecule has 0 saturated heterocycles. The lowest BCUT2D eigenvalue weighted by molar-refractivity contribution is -0.119. The van der Waals surface area contributed by atoms with Crippen molar-refractivity contribution in [3.8, 4) is 0 Å².